The number of benzene rings is 1. The van der Waals surface area contributed by atoms with Crippen LogP contribution in [0.1, 0.15) is 28.7 Å². The summed E-state index contributed by atoms with van der Waals surface area (Å²) in [5.41, 5.74) is 2.71. The van der Waals surface area contributed by atoms with Crippen LogP contribution in [0.25, 0.3) is 0 Å². The number of rotatable bonds is 5. The summed E-state index contributed by atoms with van der Waals surface area (Å²) < 4.78 is 10.8. The van der Waals surface area contributed by atoms with Gasteiger partial charge in [0.1, 0.15) is 5.75 Å². The van der Waals surface area contributed by atoms with E-state index in [0.717, 1.165) is 30.2 Å². The molecule has 0 aliphatic carbocycles. The number of aromatic nitrogens is 2. The third kappa shape index (κ3) is 4.11. The minimum Gasteiger partial charge on any atom is -0.494 e. The molecule has 0 saturated carbocycles. The van der Waals surface area contributed by atoms with Gasteiger partial charge in [-0.05, 0) is 45.0 Å². The molecule has 0 radical (unpaired) electrons. The van der Waals surface area contributed by atoms with E-state index >= 15 is 0 Å². The quantitative estimate of drug-likeness (QED) is 0.887. The van der Waals surface area contributed by atoms with Crippen LogP contribution < -0.4 is 15.0 Å². The molecule has 138 valence electrons. The van der Waals surface area contributed by atoms with E-state index in [1.165, 1.54) is 0 Å². The van der Waals surface area contributed by atoms with Crippen molar-refractivity contribution in [3.05, 3.63) is 41.2 Å². The second-order valence-electron chi connectivity index (χ2n) is 6.08. The number of aryl methyl sites for hydroxylation is 2. The van der Waals surface area contributed by atoms with Gasteiger partial charge in [0.05, 0.1) is 36.9 Å². The topological polar surface area (TPSA) is 76.6 Å². The SMILES string of the molecule is CCOc1ccc(C(=O)Nc2c(C)nc(N3CCOCC3)nc2C)cc1. The van der Waals surface area contributed by atoms with Gasteiger partial charge >= 0.3 is 0 Å². The summed E-state index contributed by atoms with van der Waals surface area (Å²) in [4.78, 5) is 23.8. The van der Waals surface area contributed by atoms with E-state index in [-0.39, 0.29) is 5.91 Å². The molecular weight excluding hydrogens is 332 g/mol. The molecule has 0 atom stereocenters. The van der Waals surface area contributed by atoms with Crippen LogP contribution in [0, 0.1) is 13.8 Å². The molecule has 2 heterocycles. The molecule has 3 rings (SSSR count). The van der Waals surface area contributed by atoms with Crippen molar-refractivity contribution in [1.29, 1.82) is 0 Å². The van der Waals surface area contributed by atoms with Crippen molar-refractivity contribution < 1.29 is 14.3 Å². The van der Waals surface area contributed by atoms with Gasteiger partial charge in [0.15, 0.2) is 0 Å². The fourth-order valence-corrected chi connectivity index (χ4v) is 2.84. The fraction of sp³-hybridized carbons (Fsp3) is 0.421. The van der Waals surface area contributed by atoms with Crippen LogP contribution in [0.4, 0.5) is 11.6 Å². The maximum Gasteiger partial charge on any atom is 0.255 e. The first-order valence-electron chi connectivity index (χ1n) is 8.80. The van der Waals surface area contributed by atoms with Gasteiger partial charge in [0.25, 0.3) is 5.91 Å². The number of morpholine rings is 1. The number of hydrogen-bond donors (Lipinski definition) is 1. The van der Waals surface area contributed by atoms with E-state index in [1.807, 2.05) is 20.8 Å². The van der Waals surface area contributed by atoms with Gasteiger partial charge in [-0.15, -0.1) is 0 Å². The van der Waals surface area contributed by atoms with Crippen LogP contribution in [-0.2, 0) is 4.74 Å². The molecule has 26 heavy (non-hydrogen) atoms. The number of carbonyl (C=O) groups excluding carboxylic acids is 1. The van der Waals surface area contributed by atoms with Crippen LogP contribution in [0.15, 0.2) is 24.3 Å². The number of amides is 1. The van der Waals surface area contributed by atoms with Crippen LogP contribution in [0.3, 0.4) is 0 Å². The minimum absolute atomic E-state index is 0.193. The number of anilines is 2. The monoisotopic (exact) mass is 356 g/mol. The van der Waals surface area contributed by atoms with Crippen molar-refractivity contribution in [1.82, 2.24) is 9.97 Å². The Morgan fingerprint density at radius 3 is 2.35 bits per heavy atom. The Bertz CT molecular complexity index is 748. The Kier molecular flexibility index (Phi) is 5.68. The highest BCUT2D eigenvalue weighted by molar-refractivity contribution is 6.04. The van der Waals surface area contributed by atoms with Crippen molar-refractivity contribution in [2.45, 2.75) is 20.8 Å². The van der Waals surface area contributed by atoms with Crippen molar-refractivity contribution in [2.75, 3.05) is 43.1 Å². The van der Waals surface area contributed by atoms with Gasteiger partial charge in [0.2, 0.25) is 5.95 Å². The molecule has 1 aliphatic rings. The molecule has 1 saturated heterocycles. The second-order valence-corrected chi connectivity index (χ2v) is 6.08. The van der Waals surface area contributed by atoms with Crippen molar-refractivity contribution in [3.8, 4) is 5.75 Å². The van der Waals surface area contributed by atoms with Gasteiger partial charge in [-0.3, -0.25) is 4.79 Å². The Hall–Kier alpha value is -2.67. The summed E-state index contributed by atoms with van der Waals surface area (Å²) in [7, 11) is 0. The predicted molar refractivity (Wildman–Crippen MR) is 100 cm³/mol. The fourth-order valence-electron chi connectivity index (χ4n) is 2.84. The van der Waals surface area contributed by atoms with Gasteiger partial charge in [0, 0.05) is 18.7 Å². The molecule has 1 aromatic heterocycles. The maximum atomic E-state index is 12.5. The highest BCUT2D eigenvalue weighted by atomic mass is 16.5. The van der Waals surface area contributed by atoms with Crippen LogP contribution in [0.5, 0.6) is 5.75 Å². The molecule has 7 heteroatoms. The third-order valence-electron chi connectivity index (χ3n) is 4.22. The van der Waals surface area contributed by atoms with E-state index in [9.17, 15) is 4.79 Å². The van der Waals surface area contributed by atoms with Crippen LogP contribution in [0.2, 0.25) is 0 Å². The Balaban J connectivity index is 1.75. The normalized spacial score (nSPS) is 14.2. The molecule has 0 bridgehead atoms. The molecular formula is C19H24N4O3. The molecule has 1 aliphatic heterocycles. The number of carbonyl (C=O) groups is 1. The minimum atomic E-state index is -0.193. The van der Waals surface area contributed by atoms with Gasteiger partial charge in [-0.25, -0.2) is 9.97 Å². The van der Waals surface area contributed by atoms with Gasteiger partial charge in [-0.2, -0.15) is 0 Å². The molecule has 7 nitrogen and oxygen atoms in total. The summed E-state index contributed by atoms with van der Waals surface area (Å²) in [6, 6.07) is 7.06. The Morgan fingerprint density at radius 2 is 1.77 bits per heavy atom. The number of hydrogen-bond acceptors (Lipinski definition) is 6. The Morgan fingerprint density at radius 1 is 1.15 bits per heavy atom. The van der Waals surface area contributed by atoms with Gasteiger partial charge in [-0.1, -0.05) is 0 Å². The smallest absolute Gasteiger partial charge is 0.255 e. The third-order valence-corrected chi connectivity index (χ3v) is 4.22. The molecule has 1 N–H and O–H groups in total. The highest BCUT2D eigenvalue weighted by Gasteiger charge is 2.18. The highest BCUT2D eigenvalue weighted by Crippen LogP contribution is 2.22. The zero-order valence-electron chi connectivity index (χ0n) is 15.4. The molecule has 0 spiro atoms. The van der Waals surface area contributed by atoms with Crippen molar-refractivity contribution in [2.24, 2.45) is 0 Å². The summed E-state index contributed by atoms with van der Waals surface area (Å²) in [5, 5.41) is 2.93. The number of ether oxygens (including phenoxy) is 2. The Labute approximate surface area is 153 Å². The lowest BCUT2D eigenvalue weighted by Gasteiger charge is -2.27. The first-order valence-corrected chi connectivity index (χ1v) is 8.80. The summed E-state index contributed by atoms with van der Waals surface area (Å²) in [5.74, 6) is 1.24. The number of nitrogens with zero attached hydrogens (tertiary/aromatic N) is 3. The molecule has 1 aromatic carbocycles. The molecule has 1 amide bonds. The summed E-state index contributed by atoms with van der Waals surface area (Å²) in [6.07, 6.45) is 0. The van der Waals surface area contributed by atoms with E-state index in [2.05, 4.69) is 20.2 Å². The molecule has 2 aromatic rings. The lowest BCUT2D eigenvalue weighted by Crippen LogP contribution is -2.37. The summed E-state index contributed by atoms with van der Waals surface area (Å²) >= 11 is 0. The van der Waals surface area contributed by atoms with Crippen molar-refractivity contribution in [3.63, 3.8) is 0 Å². The van der Waals surface area contributed by atoms with Gasteiger partial charge < -0.3 is 19.7 Å². The number of nitrogens with one attached hydrogen (secondary N) is 1. The lowest BCUT2D eigenvalue weighted by atomic mass is 10.2. The molecule has 0 unspecified atom stereocenters. The van der Waals surface area contributed by atoms with E-state index in [0.29, 0.717) is 37.0 Å². The van der Waals surface area contributed by atoms with E-state index in [1.54, 1.807) is 24.3 Å². The second kappa shape index (κ2) is 8.14. The molecule has 1 fully saturated rings. The largest absolute Gasteiger partial charge is 0.494 e. The zero-order valence-corrected chi connectivity index (χ0v) is 15.4. The standard InChI is InChI=1S/C19H24N4O3/c1-4-26-16-7-5-15(6-8-16)18(24)22-17-13(2)20-19(21-14(17)3)23-9-11-25-12-10-23/h5-8H,4,9-12H2,1-3H3,(H,22,24). The summed E-state index contributed by atoms with van der Waals surface area (Å²) in [6.45, 7) is 9.19. The first-order chi connectivity index (χ1) is 12.6. The van der Waals surface area contributed by atoms with Crippen molar-refractivity contribution >= 4 is 17.5 Å². The zero-order chi connectivity index (χ0) is 18.5. The maximum absolute atomic E-state index is 12.5. The van der Waals surface area contributed by atoms with E-state index in [4.69, 9.17) is 9.47 Å². The average Bonchev–Trinajstić information content (AvgIpc) is 2.66. The average molecular weight is 356 g/mol. The lowest BCUT2D eigenvalue weighted by molar-refractivity contribution is 0.102. The van der Waals surface area contributed by atoms with Crippen LogP contribution >= 0.6 is 0 Å². The van der Waals surface area contributed by atoms with E-state index < -0.39 is 0 Å². The first kappa shape index (κ1) is 18.1. The predicted octanol–water partition coefficient (Wildman–Crippen LogP) is 2.58. The van der Waals surface area contributed by atoms with Crippen LogP contribution in [-0.4, -0.2) is 48.8 Å².